The van der Waals surface area contributed by atoms with Gasteiger partial charge in [-0.15, -0.1) is 0 Å². The summed E-state index contributed by atoms with van der Waals surface area (Å²) in [6.07, 6.45) is 2.33. The summed E-state index contributed by atoms with van der Waals surface area (Å²) in [6, 6.07) is 4.16. The van der Waals surface area contributed by atoms with E-state index in [1.807, 2.05) is 0 Å². The van der Waals surface area contributed by atoms with E-state index in [0.29, 0.717) is 18.0 Å². The summed E-state index contributed by atoms with van der Waals surface area (Å²) in [5, 5.41) is 11.6. The number of nitrogens with one attached hydrogen (secondary N) is 1. The maximum absolute atomic E-state index is 13.4. The predicted octanol–water partition coefficient (Wildman–Crippen LogP) is 1.22. The summed E-state index contributed by atoms with van der Waals surface area (Å²) in [7, 11) is 0. The minimum Gasteiger partial charge on any atom is -0.481 e. The second-order valence-corrected chi connectivity index (χ2v) is 4.46. The number of aliphatic hydroxyl groups is 1. The van der Waals surface area contributed by atoms with Gasteiger partial charge in [0.05, 0.1) is 6.61 Å². The molecule has 0 spiro atoms. The molecule has 4 nitrogen and oxygen atoms in total. The highest BCUT2D eigenvalue weighted by molar-refractivity contribution is 5.77. The Morgan fingerprint density at radius 2 is 2.28 bits per heavy atom. The van der Waals surface area contributed by atoms with E-state index in [2.05, 4.69) is 5.32 Å². The summed E-state index contributed by atoms with van der Waals surface area (Å²) in [4.78, 5) is 11.4. The number of halogens is 1. The number of hydrogen-bond donors (Lipinski definition) is 2. The molecular formula is C13H16FNO3. The Morgan fingerprint density at radius 3 is 2.89 bits per heavy atom. The van der Waals surface area contributed by atoms with Gasteiger partial charge in [0.15, 0.2) is 18.2 Å². The Morgan fingerprint density at radius 1 is 1.50 bits per heavy atom. The van der Waals surface area contributed by atoms with Crippen LogP contribution in [0, 0.1) is 11.7 Å². The van der Waals surface area contributed by atoms with Crippen molar-refractivity contribution in [3.05, 3.63) is 29.6 Å². The van der Waals surface area contributed by atoms with Crippen molar-refractivity contribution in [3.8, 4) is 5.75 Å². The van der Waals surface area contributed by atoms with Crippen LogP contribution in [0.4, 0.5) is 4.39 Å². The Hall–Kier alpha value is -1.62. The van der Waals surface area contributed by atoms with Gasteiger partial charge in [-0.1, -0.05) is 6.07 Å². The van der Waals surface area contributed by atoms with Crippen LogP contribution in [-0.4, -0.2) is 24.2 Å². The van der Waals surface area contributed by atoms with Gasteiger partial charge in [-0.25, -0.2) is 4.39 Å². The molecule has 1 saturated carbocycles. The van der Waals surface area contributed by atoms with Crippen molar-refractivity contribution < 1.29 is 19.0 Å². The maximum atomic E-state index is 13.4. The van der Waals surface area contributed by atoms with Crippen molar-refractivity contribution in [1.82, 2.24) is 5.32 Å². The van der Waals surface area contributed by atoms with Gasteiger partial charge < -0.3 is 15.2 Å². The summed E-state index contributed by atoms with van der Waals surface area (Å²) < 4.78 is 18.5. The first kappa shape index (κ1) is 12.8. The highest BCUT2D eigenvalue weighted by Crippen LogP contribution is 2.27. The Labute approximate surface area is 105 Å². The maximum Gasteiger partial charge on any atom is 0.257 e. The van der Waals surface area contributed by atoms with E-state index in [0.717, 1.165) is 0 Å². The molecule has 0 aliphatic heterocycles. The standard InChI is InChI=1S/C13H16FNO3/c14-11-5-10(7-16)3-4-12(11)18-8-13(17)15-6-9-1-2-9/h3-5,9,16H,1-2,6-8H2,(H,15,17). The Balaban J connectivity index is 1.79. The molecule has 98 valence electrons. The first-order chi connectivity index (χ1) is 8.69. The van der Waals surface area contributed by atoms with Gasteiger partial charge in [0.25, 0.3) is 5.91 Å². The van der Waals surface area contributed by atoms with E-state index in [4.69, 9.17) is 9.84 Å². The number of rotatable bonds is 6. The zero-order chi connectivity index (χ0) is 13.0. The van der Waals surface area contributed by atoms with Crippen molar-refractivity contribution in [2.45, 2.75) is 19.4 Å². The fourth-order valence-electron chi connectivity index (χ4n) is 1.53. The molecule has 1 aliphatic rings. The zero-order valence-corrected chi connectivity index (χ0v) is 9.99. The SMILES string of the molecule is O=C(COc1ccc(CO)cc1F)NCC1CC1. The molecule has 1 aromatic carbocycles. The van der Waals surface area contributed by atoms with Gasteiger partial charge >= 0.3 is 0 Å². The van der Waals surface area contributed by atoms with Gasteiger partial charge in [-0.05, 0) is 36.5 Å². The highest BCUT2D eigenvalue weighted by Gasteiger charge is 2.21. The second kappa shape index (κ2) is 5.82. The molecule has 1 aromatic rings. The van der Waals surface area contributed by atoms with Gasteiger partial charge in [-0.3, -0.25) is 4.79 Å². The fourth-order valence-corrected chi connectivity index (χ4v) is 1.53. The van der Waals surface area contributed by atoms with Gasteiger partial charge in [0.2, 0.25) is 0 Å². The largest absolute Gasteiger partial charge is 0.481 e. The molecule has 0 unspecified atom stereocenters. The van der Waals surface area contributed by atoms with Crippen LogP contribution >= 0.6 is 0 Å². The lowest BCUT2D eigenvalue weighted by molar-refractivity contribution is -0.123. The molecule has 18 heavy (non-hydrogen) atoms. The van der Waals surface area contributed by atoms with Crippen LogP contribution in [0.5, 0.6) is 5.75 Å². The monoisotopic (exact) mass is 253 g/mol. The third kappa shape index (κ3) is 3.70. The topological polar surface area (TPSA) is 58.6 Å². The van der Waals surface area contributed by atoms with Crippen molar-refractivity contribution in [3.63, 3.8) is 0 Å². The minimum absolute atomic E-state index is 0.0220. The summed E-state index contributed by atoms with van der Waals surface area (Å²) >= 11 is 0. The summed E-state index contributed by atoms with van der Waals surface area (Å²) in [5.41, 5.74) is 0.470. The van der Waals surface area contributed by atoms with Crippen LogP contribution in [0.15, 0.2) is 18.2 Å². The molecule has 0 bridgehead atoms. The number of carbonyl (C=O) groups excluding carboxylic acids is 1. The Bertz CT molecular complexity index is 432. The molecule has 1 aliphatic carbocycles. The highest BCUT2D eigenvalue weighted by atomic mass is 19.1. The summed E-state index contributed by atoms with van der Waals surface area (Å²) in [5.74, 6) is -0.188. The molecule has 1 fully saturated rings. The first-order valence-electron chi connectivity index (χ1n) is 5.98. The number of benzene rings is 1. The smallest absolute Gasteiger partial charge is 0.257 e. The van der Waals surface area contributed by atoms with Crippen molar-refractivity contribution in [2.24, 2.45) is 5.92 Å². The first-order valence-corrected chi connectivity index (χ1v) is 5.98. The molecule has 0 radical (unpaired) electrons. The second-order valence-electron chi connectivity index (χ2n) is 4.46. The van der Waals surface area contributed by atoms with Crippen LogP contribution < -0.4 is 10.1 Å². The predicted molar refractivity (Wildman–Crippen MR) is 63.6 cm³/mol. The van der Waals surface area contributed by atoms with Gasteiger partial charge in [0.1, 0.15) is 0 Å². The molecule has 0 atom stereocenters. The number of aliphatic hydroxyl groups excluding tert-OH is 1. The molecule has 2 N–H and O–H groups in total. The normalized spacial score (nSPS) is 14.3. The lowest BCUT2D eigenvalue weighted by atomic mass is 10.2. The molecule has 2 rings (SSSR count). The molecule has 0 aromatic heterocycles. The van der Waals surface area contributed by atoms with Crippen LogP contribution in [-0.2, 0) is 11.4 Å². The summed E-state index contributed by atoms with van der Waals surface area (Å²) in [6.45, 7) is 0.259. The third-order valence-corrected chi connectivity index (χ3v) is 2.82. The molecular weight excluding hydrogens is 237 g/mol. The molecule has 1 amide bonds. The van der Waals surface area contributed by atoms with E-state index in [1.165, 1.54) is 25.0 Å². The Kier molecular flexibility index (Phi) is 4.15. The van der Waals surface area contributed by atoms with Crippen LogP contribution in [0.25, 0.3) is 0 Å². The van der Waals surface area contributed by atoms with E-state index in [1.54, 1.807) is 6.07 Å². The number of amides is 1. The quantitative estimate of drug-likeness (QED) is 0.801. The van der Waals surface area contributed by atoms with Crippen molar-refractivity contribution >= 4 is 5.91 Å². The molecule has 0 saturated heterocycles. The molecule has 5 heteroatoms. The fraction of sp³-hybridized carbons (Fsp3) is 0.462. The van der Waals surface area contributed by atoms with Gasteiger partial charge in [-0.2, -0.15) is 0 Å². The van der Waals surface area contributed by atoms with Crippen LogP contribution in [0.2, 0.25) is 0 Å². The van der Waals surface area contributed by atoms with E-state index >= 15 is 0 Å². The average Bonchev–Trinajstić information content (AvgIpc) is 3.18. The number of carbonyl (C=O) groups is 1. The lowest BCUT2D eigenvalue weighted by Gasteiger charge is -2.08. The van der Waals surface area contributed by atoms with Crippen LogP contribution in [0.3, 0.4) is 0 Å². The number of hydrogen-bond acceptors (Lipinski definition) is 3. The van der Waals surface area contributed by atoms with Crippen molar-refractivity contribution in [2.75, 3.05) is 13.2 Å². The average molecular weight is 253 g/mol. The van der Waals surface area contributed by atoms with Crippen molar-refractivity contribution in [1.29, 1.82) is 0 Å². The number of ether oxygens (including phenoxy) is 1. The van der Waals surface area contributed by atoms with Crippen LogP contribution in [0.1, 0.15) is 18.4 Å². The van der Waals surface area contributed by atoms with E-state index < -0.39 is 5.82 Å². The minimum atomic E-state index is -0.573. The van der Waals surface area contributed by atoms with E-state index in [9.17, 15) is 9.18 Å². The van der Waals surface area contributed by atoms with Gasteiger partial charge in [0, 0.05) is 6.54 Å². The molecule has 0 heterocycles. The zero-order valence-electron chi connectivity index (χ0n) is 9.99. The lowest BCUT2D eigenvalue weighted by Crippen LogP contribution is -2.30. The van der Waals surface area contributed by atoms with E-state index in [-0.39, 0.29) is 24.9 Å². The third-order valence-electron chi connectivity index (χ3n) is 2.82.